The molecule has 1 unspecified atom stereocenters. The number of nitrogens with zero attached hydrogens (tertiary/aromatic N) is 2. The van der Waals surface area contributed by atoms with Crippen molar-refractivity contribution in [3.63, 3.8) is 0 Å². The summed E-state index contributed by atoms with van der Waals surface area (Å²) in [7, 11) is 1.82. The molecule has 122 valence electrons. The molecule has 1 aromatic rings. The normalized spacial score (nSPS) is 16.6. The van der Waals surface area contributed by atoms with E-state index in [1.54, 1.807) is 11.8 Å². The smallest absolute Gasteiger partial charge is 0.244 e. The van der Waals surface area contributed by atoms with Gasteiger partial charge in [0, 0.05) is 33.1 Å². The molecule has 2 amide bonds. The van der Waals surface area contributed by atoms with E-state index in [9.17, 15) is 9.59 Å². The average molecular weight is 326 g/mol. The number of nitrogens with two attached hydrogens (primary N) is 1. The highest BCUT2D eigenvalue weighted by Gasteiger charge is 2.29. The Labute approximate surface area is 137 Å². The molecule has 1 fully saturated rings. The maximum Gasteiger partial charge on any atom is 0.244 e. The summed E-state index contributed by atoms with van der Waals surface area (Å²) >= 11 is 0. The number of halogens is 1. The molecule has 0 saturated carbocycles. The number of benzene rings is 1. The Hall–Kier alpha value is -1.59. The van der Waals surface area contributed by atoms with Crippen molar-refractivity contribution in [1.29, 1.82) is 0 Å². The van der Waals surface area contributed by atoms with Crippen LogP contribution in [0.15, 0.2) is 30.3 Å². The van der Waals surface area contributed by atoms with Crippen molar-refractivity contribution < 1.29 is 9.59 Å². The lowest BCUT2D eigenvalue weighted by atomic mass is 10.0. The first-order valence-corrected chi connectivity index (χ1v) is 7.33. The summed E-state index contributed by atoms with van der Waals surface area (Å²) in [6.07, 6.45) is 1.62. The Bertz CT molecular complexity index is 501. The van der Waals surface area contributed by atoms with Crippen LogP contribution in [0.1, 0.15) is 31.4 Å². The number of carbonyl (C=O) groups excluding carboxylic acids is 2. The fourth-order valence-electron chi connectivity index (χ4n) is 2.73. The van der Waals surface area contributed by atoms with Crippen LogP contribution in [-0.2, 0) is 9.59 Å². The van der Waals surface area contributed by atoms with Gasteiger partial charge in [-0.05, 0) is 18.4 Å². The van der Waals surface area contributed by atoms with Crippen LogP contribution in [0.2, 0.25) is 0 Å². The lowest BCUT2D eigenvalue weighted by molar-refractivity contribution is -0.135. The molecule has 0 bridgehead atoms. The summed E-state index contributed by atoms with van der Waals surface area (Å²) in [5, 5.41) is 0. The molecule has 2 N–H and O–H groups in total. The maximum absolute atomic E-state index is 12.4. The Morgan fingerprint density at radius 1 is 1.23 bits per heavy atom. The SMILES string of the molecule is CC(=O)N(C)C1CCN(C(=O)C(N)c2ccccc2)CC1.Cl. The minimum atomic E-state index is -0.603. The standard InChI is InChI=1S/C16H23N3O2.ClH/c1-12(20)18(2)14-8-10-19(11-9-14)16(21)15(17)13-6-4-3-5-7-13;/h3-7,14-15H,8-11,17H2,1-2H3;1H. The number of carbonyl (C=O) groups is 2. The number of rotatable bonds is 3. The minimum Gasteiger partial charge on any atom is -0.343 e. The molecule has 2 rings (SSSR count). The Kier molecular flexibility index (Phi) is 6.84. The van der Waals surface area contributed by atoms with Crippen LogP contribution in [0.25, 0.3) is 0 Å². The third kappa shape index (κ3) is 4.21. The molecule has 0 aliphatic carbocycles. The topological polar surface area (TPSA) is 66.6 Å². The van der Waals surface area contributed by atoms with E-state index in [2.05, 4.69) is 0 Å². The summed E-state index contributed by atoms with van der Waals surface area (Å²) in [6.45, 7) is 2.88. The third-order valence-electron chi connectivity index (χ3n) is 4.25. The van der Waals surface area contributed by atoms with Crippen molar-refractivity contribution in [3.05, 3.63) is 35.9 Å². The maximum atomic E-state index is 12.4. The predicted octanol–water partition coefficient (Wildman–Crippen LogP) is 1.58. The second-order valence-corrected chi connectivity index (χ2v) is 5.57. The summed E-state index contributed by atoms with van der Waals surface area (Å²) in [4.78, 5) is 27.4. The molecule has 6 heteroatoms. The Morgan fingerprint density at radius 3 is 2.27 bits per heavy atom. The van der Waals surface area contributed by atoms with Gasteiger partial charge in [-0.2, -0.15) is 0 Å². The zero-order valence-electron chi connectivity index (χ0n) is 13.1. The van der Waals surface area contributed by atoms with Crippen LogP contribution in [0, 0.1) is 0 Å². The summed E-state index contributed by atoms with van der Waals surface area (Å²) in [5.74, 6) is 0.0332. The van der Waals surface area contributed by atoms with Gasteiger partial charge >= 0.3 is 0 Å². The quantitative estimate of drug-likeness (QED) is 0.917. The fraction of sp³-hybridized carbons (Fsp3) is 0.500. The lowest BCUT2D eigenvalue weighted by Gasteiger charge is -2.37. The van der Waals surface area contributed by atoms with Crippen molar-refractivity contribution in [1.82, 2.24) is 9.80 Å². The molecule has 5 nitrogen and oxygen atoms in total. The van der Waals surface area contributed by atoms with E-state index in [0.29, 0.717) is 13.1 Å². The number of piperidine rings is 1. The Morgan fingerprint density at radius 2 is 1.77 bits per heavy atom. The van der Waals surface area contributed by atoms with Crippen LogP contribution >= 0.6 is 12.4 Å². The molecular weight excluding hydrogens is 302 g/mol. The van der Waals surface area contributed by atoms with E-state index in [1.165, 1.54) is 0 Å². The largest absolute Gasteiger partial charge is 0.343 e. The van der Waals surface area contributed by atoms with Crippen LogP contribution in [0.3, 0.4) is 0 Å². The van der Waals surface area contributed by atoms with E-state index in [4.69, 9.17) is 5.73 Å². The van der Waals surface area contributed by atoms with E-state index in [1.807, 2.05) is 42.3 Å². The monoisotopic (exact) mass is 325 g/mol. The van der Waals surface area contributed by atoms with Crippen LogP contribution < -0.4 is 5.73 Å². The van der Waals surface area contributed by atoms with E-state index < -0.39 is 6.04 Å². The summed E-state index contributed by atoms with van der Waals surface area (Å²) < 4.78 is 0. The summed E-state index contributed by atoms with van der Waals surface area (Å²) in [5.41, 5.74) is 6.89. The number of hydrogen-bond acceptors (Lipinski definition) is 3. The number of hydrogen-bond donors (Lipinski definition) is 1. The average Bonchev–Trinajstić information content (AvgIpc) is 2.53. The Balaban J connectivity index is 0.00000242. The van der Waals surface area contributed by atoms with Crippen molar-refractivity contribution in [2.75, 3.05) is 20.1 Å². The van der Waals surface area contributed by atoms with E-state index >= 15 is 0 Å². The fourth-order valence-corrected chi connectivity index (χ4v) is 2.73. The van der Waals surface area contributed by atoms with Gasteiger partial charge in [-0.25, -0.2) is 0 Å². The van der Waals surface area contributed by atoms with Crippen LogP contribution in [0.5, 0.6) is 0 Å². The van der Waals surface area contributed by atoms with E-state index in [-0.39, 0.29) is 30.3 Å². The van der Waals surface area contributed by atoms with Crippen molar-refractivity contribution in [2.45, 2.75) is 31.8 Å². The zero-order valence-corrected chi connectivity index (χ0v) is 13.9. The second-order valence-electron chi connectivity index (χ2n) is 5.57. The van der Waals surface area contributed by atoms with Gasteiger partial charge in [-0.1, -0.05) is 30.3 Å². The van der Waals surface area contributed by atoms with Crippen LogP contribution in [-0.4, -0.2) is 47.8 Å². The zero-order chi connectivity index (χ0) is 15.4. The van der Waals surface area contributed by atoms with Gasteiger partial charge in [0.1, 0.15) is 6.04 Å². The first-order chi connectivity index (χ1) is 10.0. The molecule has 1 heterocycles. The van der Waals surface area contributed by atoms with Crippen molar-refractivity contribution in [2.24, 2.45) is 5.73 Å². The van der Waals surface area contributed by atoms with Crippen molar-refractivity contribution in [3.8, 4) is 0 Å². The first-order valence-electron chi connectivity index (χ1n) is 7.33. The van der Waals surface area contributed by atoms with Gasteiger partial charge in [-0.3, -0.25) is 9.59 Å². The molecule has 1 aromatic carbocycles. The minimum absolute atomic E-state index is 0. The predicted molar refractivity (Wildman–Crippen MR) is 88.7 cm³/mol. The molecule has 1 aliphatic rings. The second kappa shape index (κ2) is 8.15. The lowest BCUT2D eigenvalue weighted by Crippen LogP contribution is -2.48. The number of likely N-dealkylation sites (tertiary alicyclic amines) is 1. The molecule has 1 aliphatic heterocycles. The molecule has 1 saturated heterocycles. The van der Waals surface area contributed by atoms with Gasteiger partial charge < -0.3 is 15.5 Å². The van der Waals surface area contributed by atoms with Gasteiger partial charge in [0.05, 0.1) is 0 Å². The van der Waals surface area contributed by atoms with Gasteiger partial charge in [0.2, 0.25) is 11.8 Å². The molecule has 0 aromatic heterocycles. The van der Waals surface area contributed by atoms with Gasteiger partial charge in [-0.15, -0.1) is 12.4 Å². The molecule has 1 atom stereocenters. The summed E-state index contributed by atoms with van der Waals surface area (Å²) in [6, 6.07) is 9.04. The number of amides is 2. The van der Waals surface area contributed by atoms with Crippen LogP contribution in [0.4, 0.5) is 0 Å². The third-order valence-corrected chi connectivity index (χ3v) is 4.25. The molecule has 0 spiro atoms. The highest BCUT2D eigenvalue weighted by Crippen LogP contribution is 2.19. The highest BCUT2D eigenvalue weighted by molar-refractivity contribution is 5.85. The van der Waals surface area contributed by atoms with Gasteiger partial charge in [0.25, 0.3) is 0 Å². The highest BCUT2D eigenvalue weighted by atomic mass is 35.5. The molecular formula is C16H24ClN3O2. The van der Waals surface area contributed by atoms with E-state index in [0.717, 1.165) is 18.4 Å². The first kappa shape index (κ1) is 18.5. The molecule has 0 radical (unpaired) electrons. The molecule has 22 heavy (non-hydrogen) atoms. The van der Waals surface area contributed by atoms with Gasteiger partial charge in [0.15, 0.2) is 0 Å². The van der Waals surface area contributed by atoms with Crippen molar-refractivity contribution >= 4 is 24.2 Å².